The van der Waals surface area contributed by atoms with E-state index in [1.165, 1.54) is 44.8 Å². The highest BCUT2D eigenvalue weighted by atomic mass is 16.5. The van der Waals surface area contributed by atoms with Crippen molar-refractivity contribution in [3.05, 3.63) is 159 Å². The standard InChI is InChI=1S/C52H56N3O2/c1-10-49(56)57-48-18-14-13-17-47(48)53-46-28-27-45(43-15-11-12-16-44(43)46)50(39-19-23-41(24-20-39)54(8)51-35(4)29-33(2)30-36(51)5)40-21-25-42(26-22-40)55(9)52-37(6)31-34(3)32-38(52)7/h11-12,15-16,19-32,48H,10,13-14,17-18H2,1-9H3/q+1. The Hall–Kier alpha value is -5.81. The third kappa shape index (κ3) is 8.20. The average Bonchev–Trinajstić information content (AvgIpc) is 3.19. The van der Waals surface area contributed by atoms with Gasteiger partial charge in [0, 0.05) is 53.5 Å². The van der Waals surface area contributed by atoms with Gasteiger partial charge < -0.3 is 9.64 Å². The quantitative estimate of drug-likeness (QED) is 0.117. The average molecular weight is 755 g/mol. The number of nitrogens with zero attached hydrogens (tertiary/aromatic N) is 3. The van der Waals surface area contributed by atoms with Crippen molar-refractivity contribution in [1.82, 2.24) is 0 Å². The first kappa shape index (κ1) is 39.4. The Balaban J connectivity index is 1.36. The first-order valence-corrected chi connectivity index (χ1v) is 20.4. The maximum Gasteiger partial charge on any atom is 0.306 e. The van der Waals surface area contributed by atoms with Crippen LogP contribution in [0.25, 0.3) is 16.3 Å². The Kier molecular flexibility index (Phi) is 11.6. The van der Waals surface area contributed by atoms with Gasteiger partial charge in [0.05, 0.1) is 11.4 Å². The van der Waals surface area contributed by atoms with Gasteiger partial charge in [0.2, 0.25) is 11.4 Å². The van der Waals surface area contributed by atoms with Gasteiger partial charge in [0.15, 0.2) is 0 Å². The van der Waals surface area contributed by atoms with Gasteiger partial charge in [-0.15, -0.1) is 0 Å². The summed E-state index contributed by atoms with van der Waals surface area (Å²) in [6, 6.07) is 31.0. The first-order chi connectivity index (χ1) is 27.4. The molecule has 57 heavy (non-hydrogen) atoms. The fourth-order valence-corrected chi connectivity index (χ4v) is 9.06. The second-order valence-electron chi connectivity index (χ2n) is 15.9. The highest BCUT2D eigenvalue weighted by Crippen LogP contribution is 2.40. The summed E-state index contributed by atoms with van der Waals surface area (Å²) in [5.41, 5.74) is 18.8. The molecule has 5 aromatic rings. The summed E-state index contributed by atoms with van der Waals surface area (Å²) < 4.78 is 8.18. The van der Waals surface area contributed by atoms with Gasteiger partial charge >= 0.3 is 5.97 Å². The zero-order valence-corrected chi connectivity index (χ0v) is 35.2. The van der Waals surface area contributed by atoms with Crippen LogP contribution < -0.4 is 4.90 Å². The van der Waals surface area contributed by atoms with Crippen molar-refractivity contribution in [3.8, 4) is 0 Å². The van der Waals surface area contributed by atoms with E-state index in [9.17, 15) is 4.79 Å². The topological polar surface area (TPSA) is 44.9 Å². The van der Waals surface area contributed by atoms with E-state index in [0.29, 0.717) is 6.42 Å². The molecule has 0 aliphatic heterocycles. The predicted octanol–water partition coefficient (Wildman–Crippen LogP) is 12.8. The second kappa shape index (κ2) is 16.7. The minimum Gasteiger partial charge on any atom is -0.456 e. The molecular weight excluding hydrogens is 699 g/mol. The summed E-state index contributed by atoms with van der Waals surface area (Å²) in [7, 11) is 4.32. The van der Waals surface area contributed by atoms with Gasteiger partial charge in [-0.1, -0.05) is 72.6 Å². The number of hydrogen-bond acceptors (Lipinski definition) is 4. The number of esters is 1. The number of carbonyl (C=O) groups is 1. The van der Waals surface area contributed by atoms with Crippen molar-refractivity contribution in [2.24, 2.45) is 4.99 Å². The smallest absolute Gasteiger partial charge is 0.306 e. The third-order valence-electron chi connectivity index (χ3n) is 11.5. The van der Waals surface area contributed by atoms with Crippen molar-refractivity contribution in [3.63, 3.8) is 0 Å². The van der Waals surface area contributed by atoms with Crippen LogP contribution in [0.1, 0.15) is 83.5 Å². The lowest BCUT2D eigenvalue weighted by Crippen LogP contribution is -2.30. The molecule has 7 rings (SSSR count). The first-order valence-electron chi connectivity index (χ1n) is 20.4. The number of aliphatic imine (C=N–C) groups is 1. The SMILES string of the molecule is CCC(=O)OC1CCCCC1=Nc1ccc(C(=C2C=CC(=[N+](C)c3c(C)cc(C)cc3C)C=C2)c2ccc(N(C)c3c(C)cc(C)cc3C)cc2)c2ccccc12. The van der Waals surface area contributed by atoms with Gasteiger partial charge in [0.25, 0.3) is 0 Å². The summed E-state index contributed by atoms with van der Waals surface area (Å²) in [6.07, 6.45) is 12.8. The minimum absolute atomic E-state index is 0.170. The molecule has 5 nitrogen and oxygen atoms in total. The van der Waals surface area contributed by atoms with E-state index in [4.69, 9.17) is 9.73 Å². The van der Waals surface area contributed by atoms with E-state index in [0.717, 1.165) is 81.5 Å². The van der Waals surface area contributed by atoms with E-state index < -0.39 is 0 Å². The molecule has 5 heteroatoms. The number of aryl methyl sites for hydroxylation is 6. The molecule has 2 aliphatic rings. The molecule has 0 spiro atoms. The number of benzene rings is 5. The Morgan fingerprint density at radius 1 is 0.772 bits per heavy atom. The molecule has 1 unspecified atom stereocenters. The van der Waals surface area contributed by atoms with Crippen LogP contribution in [0, 0.1) is 41.5 Å². The molecule has 0 radical (unpaired) electrons. The molecule has 290 valence electrons. The maximum atomic E-state index is 12.3. The Labute approximate surface area is 339 Å². The monoisotopic (exact) mass is 754 g/mol. The van der Waals surface area contributed by atoms with E-state index in [1.54, 1.807) is 0 Å². The van der Waals surface area contributed by atoms with Crippen LogP contribution in [-0.2, 0) is 9.53 Å². The summed E-state index contributed by atoms with van der Waals surface area (Å²) in [5, 5.41) is 2.21. The molecule has 0 bridgehead atoms. The van der Waals surface area contributed by atoms with Crippen molar-refractivity contribution >= 4 is 56.5 Å². The van der Waals surface area contributed by atoms with Crippen LogP contribution in [0.15, 0.2) is 120 Å². The van der Waals surface area contributed by atoms with Gasteiger partial charge in [-0.3, -0.25) is 9.79 Å². The molecule has 1 saturated carbocycles. The van der Waals surface area contributed by atoms with E-state index in [1.807, 2.05) is 6.92 Å². The summed E-state index contributed by atoms with van der Waals surface area (Å²) in [5.74, 6) is -0.170. The summed E-state index contributed by atoms with van der Waals surface area (Å²) in [4.78, 5) is 19.9. The fourth-order valence-electron chi connectivity index (χ4n) is 9.06. The zero-order chi connectivity index (χ0) is 40.4. The van der Waals surface area contributed by atoms with Crippen molar-refractivity contribution < 1.29 is 14.1 Å². The van der Waals surface area contributed by atoms with Crippen molar-refractivity contribution in [2.45, 2.75) is 86.7 Å². The number of rotatable bonds is 8. The molecule has 0 saturated heterocycles. The number of allylic oxidation sites excluding steroid dienone is 5. The Morgan fingerprint density at radius 2 is 1.39 bits per heavy atom. The van der Waals surface area contributed by atoms with Gasteiger partial charge in [-0.2, -0.15) is 4.58 Å². The third-order valence-corrected chi connectivity index (χ3v) is 11.5. The molecule has 0 N–H and O–H groups in total. The van der Waals surface area contributed by atoms with E-state index in [2.05, 4.69) is 174 Å². The highest BCUT2D eigenvalue weighted by molar-refractivity contribution is 6.08. The van der Waals surface area contributed by atoms with Crippen LogP contribution in [0.5, 0.6) is 0 Å². The van der Waals surface area contributed by atoms with E-state index >= 15 is 0 Å². The van der Waals surface area contributed by atoms with Crippen LogP contribution in [-0.4, -0.2) is 42.2 Å². The lowest BCUT2D eigenvalue weighted by molar-refractivity contribution is -0.404. The van der Waals surface area contributed by atoms with Crippen LogP contribution in [0.4, 0.5) is 22.7 Å². The molecule has 1 fully saturated rings. The lowest BCUT2D eigenvalue weighted by Gasteiger charge is -2.25. The van der Waals surface area contributed by atoms with Crippen molar-refractivity contribution in [2.75, 3.05) is 19.0 Å². The largest absolute Gasteiger partial charge is 0.456 e. The van der Waals surface area contributed by atoms with Crippen LogP contribution in [0.3, 0.4) is 0 Å². The van der Waals surface area contributed by atoms with Gasteiger partial charge in [-0.25, -0.2) is 0 Å². The number of ether oxygens (including phenoxy) is 1. The normalized spacial score (nSPS) is 16.0. The van der Waals surface area contributed by atoms with E-state index in [-0.39, 0.29) is 12.1 Å². The zero-order valence-electron chi connectivity index (χ0n) is 35.2. The van der Waals surface area contributed by atoms with Gasteiger partial charge in [0.1, 0.15) is 13.2 Å². The fraction of sp³-hybridized carbons (Fsp3) is 0.288. The molecule has 5 aromatic carbocycles. The van der Waals surface area contributed by atoms with Crippen LogP contribution in [0.2, 0.25) is 0 Å². The molecular formula is C52H56N3O2+. The summed E-state index contributed by atoms with van der Waals surface area (Å²) >= 11 is 0. The Morgan fingerprint density at radius 3 is 2.02 bits per heavy atom. The molecule has 0 aromatic heterocycles. The maximum absolute atomic E-state index is 12.3. The molecule has 0 amide bonds. The number of hydrogen-bond donors (Lipinski definition) is 0. The highest BCUT2D eigenvalue weighted by Gasteiger charge is 2.25. The van der Waals surface area contributed by atoms with Crippen LogP contribution >= 0.6 is 0 Å². The predicted molar refractivity (Wildman–Crippen MR) is 241 cm³/mol. The number of fused-ring (bicyclic) bond motifs is 1. The van der Waals surface area contributed by atoms with Gasteiger partial charge in [-0.05, 0) is 148 Å². The number of carbonyl (C=O) groups excluding carboxylic acids is 1. The molecule has 1 atom stereocenters. The lowest BCUT2D eigenvalue weighted by atomic mass is 9.87. The molecule has 0 heterocycles. The Bertz CT molecular complexity index is 2460. The number of anilines is 2. The minimum atomic E-state index is -0.264. The summed E-state index contributed by atoms with van der Waals surface area (Å²) in [6.45, 7) is 14.9. The molecule has 2 aliphatic carbocycles. The second-order valence-corrected chi connectivity index (χ2v) is 15.9. The van der Waals surface area contributed by atoms with Crippen molar-refractivity contribution in [1.29, 1.82) is 0 Å².